The molecule has 2 unspecified atom stereocenters. The van der Waals surface area contributed by atoms with Gasteiger partial charge in [-0.05, 0) is 45.1 Å². The monoisotopic (exact) mass is 211 g/mol. The fraction of sp³-hybridized carbons (Fsp3) is 1.00. The van der Waals surface area contributed by atoms with E-state index < -0.39 is 0 Å². The van der Waals surface area contributed by atoms with Gasteiger partial charge in [0.25, 0.3) is 0 Å². The highest BCUT2D eigenvalue weighted by Gasteiger charge is 2.33. The number of hydrogen-bond donors (Lipinski definition) is 1. The highest BCUT2D eigenvalue weighted by molar-refractivity contribution is 4.88. The minimum Gasteiger partial charge on any atom is -0.391 e. The van der Waals surface area contributed by atoms with Crippen LogP contribution in [0.2, 0.25) is 0 Å². The van der Waals surface area contributed by atoms with Crippen LogP contribution in [0, 0.1) is 5.92 Å². The summed E-state index contributed by atoms with van der Waals surface area (Å²) in [6, 6.07) is 1.13. The molecule has 1 aliphatic carbocycles. The highest BCUT2D eigenvalue weighted by Crippen LogP contribution is 2.30. The van der Waals surface area contributed by atoms with Gasteiger partial charge in [-0.2, -0.15) is 0 Å². The third-order valence-electron chi connectivity index (χ3n) is 4.31. The molecule has 0 aromatic rings. The molecule has 2 fully saturated rings. The number of likely N-dealkylation sites (tertiary alicyclic amines) is 1. The zero-order valence-electron chi connectivity index (χ0n) is 10.2. The molecule has 0 radical (unpaired) electrons. The summed E-state index contributed by atoms with van der Waals surface area (Å²) in [4.78, 5) is 2.57. The molecule has 0 aromatic carbocycles. The Morgan fingerprint density at radius 2 is 1.80 bits per heavy atom. The van der Waals surface area contributed by atoms with E-state index in [0.717, 1.165) is 12.3 Å². The lowest BCUT2D eigenvalue weighted by molar-refractivity contribution is -0.0184. The summed E-state index contributed by atoms with van der Waals surface area (Å²) in [5, 5.41) is 10.1. The Bertz CT molecular complexity index is 207. The van der Waals surface area contributed by atoms with Gasteiger partial charge in [0.05, 0.1) is 6.10 Å². The lowest BCUT2D eigenvalue weighted by Gasteiger charge is -2.45. The maximum atomic E-state index is 10.1. The fourth-order valence-corrected chi connectivity index (χ4v) is 3.40. The fourth-order valence-electron chi connectivity index (χ4n) is 3.40. The van der Waals surface area contributed by atoms with Crippen molar-refractivity contribution in [2.45, 2.75) is 70.6 Å². The summed E-state index contributed by atoms with van der Waals surface area (Å²) >= 11 is 0. The second kappa shape index (κ2) is 4.84. The summed E-state index contributed by atoms with van der Waals surface area (Å²) in [5.41, 5.74) is 0. The molecular formula is C13H25NO. The van der Waals surface area contributed by atoms with E-state index in [2.05, 4.69) is 18.7 Å². The minimum atomic E-state index is -0.0605. The molecule has 0 aromatic heterocycles. The average molecular weight is 211 g/mol. The SMILES string of the molecule is CC1CCN([C@H]2CCCC[C@@H]2O)C(C)C1. The molecule has 2 nitrogen and oxygen atoms in total. The minimum absolute atomic E-state index is 0.0605. The van der Waals surface area contributed by atoms with Crippen LogP contribution >= 0.6 is 0 Å². The van der Waals surface area contributed by atoms with Crippen LogP contribution in [0.15, 0.2) is 0 Å². The van der Waals surface area contributed by atoms with Gasteiger partial charge in [0.1, 0.15) is 0 Å². The Morgan fingerprint density at radius 3 is 2.47 bits per heavy atom. The summed E-state index contributed by atoms with van der Waals surface area (Å²) in [5.74, 6) is 0.872. The molecule has 4 atom stereocenters. The van der Waals surface area contributed by atoms with Crippen molar-refractivity contribution in [2.75, 3.05) is 6.54 Å². The first-order chi connectivity index (χ1) is 7.18. The van der Waals surface area contributed by atoms with Gasteiger partial charge in [0.15, 0.2) is 0 Å². The van der Waals surface area contributed by atoms with E-state index in [1.165, 1.54) is 38.6 Å². The smallest absolute Gasteiger partial charge is 0.0695 e. The number of aliphatic hydroxyl groups is 1. The van der Waals surface area contributed by atoms with Crippen LogP contribution in [0.5, 0.6) is 0 Å². The van der Waals surface area contributed by atoms with Crippen LogP contribution in [0.1, 0.15) is 52.4 Å². The number of hydrogen-bond acceptors (Lipinski definition) is 2. The van der Waals surface area contributed by atoms with E-state index in [0.29, 0.717) is 12.1 Å². The van der Waals surface area contributed by atoms with Crippen LogP contribution in [0.4, 0.5) is 0 Å². The quantitative estimate of drug-likeness (QED) is 0.720. The van der Waals surface area contributed by atoms with E-state index in [4.69, 9.17) is 0 Å². The van der Waals surface area contributed by atoms with Gasteiger partial charge in [-0.15, -0.1) is 0 Å². The predicted octanol–water partition coefficient (Wildman–Crippen LogP) is 2.41. The van der Waals surface area contributed by atoms with Crippen LogP contribution in [0.25, 0.3) is 0 Å². The average Bonchev–Trinajstić information content (AvgIpc) is 2.20. The summed E-state index contributed by atoms with van der Waals surface area (Å²) in [6.07, 6.45) is 7.31. The molecule has 1 aliphatic heterocycles. The largest absolute Gasteiger partial charge is 0.391 e. The number of nitrogens with zero attached hydrogens (tertiary/aromatic N) is 1. The molecule has 0 bridgehead atoms. The number of piperidine rings is 1. The van der Waals surface area contributed by atoms with E-state index in [-0.39, 0.29) is 6.10 Å². The van der Waals surface area contributed by atoms with Gasteiger partial charge in [-0.25, -0.2) is 0 Å². The topological polar surface area (TPSA) is 23.5 Å². The Labute approximate surface area is 93.7 Å². The number of rotatable bonds is 1. The third kappa shape index (κ3) is 2.54. The van der Waals surface area contributed by atoms with Crippen molar-refractivity contribution in [3.63, 3.8) is 0 Å². The molecule has 1 saturated carbocycles. The van der Waals surface area contributed by atoms with Gasteiger partial charge in [0, 0.05) is 12.1 Å². The van der Waals surface area contributed by atoms with Crippen LogP contribution in [0.3, 0.4) is 0 Å². The first kappa shape index (κ1) is 11.4. The molecule has 2 heteroatoms. The second-order valence-electron chi connectivity index (χ2n) is 5.64. The van der Waals surface area contributed by atoms with E-state index in [1.54, 1.807) is 0 Å². The molecular weight excluding hydrogens is 186 g/mol. The Hall–Kier alpha value is -0.0800. The van der Waals surface area contributed by atoms with Crippen molar-refractivity contribution >= 4 is 0 Å². The van der Waals surface area contributed by atoms with Gasteiger partial charge < -0.3 is 5.11 Å². The van der Waals surface area contributed by atoms with Gasteiger partial charge in [-0.1, -0.05) is 19.8 Å². The lowest BCUT2D eigenvalue weighted by Crippen LogP contribution is -2.52. The van der Waals surface area contributed by atoms with Crippen molar-refractivity contribution in [1.29, 1.82) is 0 Å². The zero-order valence-corrected chi connectivity index (χ0v) is 10.2. The predicted molar refractivity (Wildman–Crippen MR) is 62.8 cm³/mol. The van der Waals surface area contributed by atoms with Gasteiger partial charge in [-0.3, -0.25) is 4.90 Å². The van der Waals surface area contributed by atoms with E-state index in [9.17, 15) is 5.11 Å². The van der Waals surface area contributed by atoms with E-state index in [1.807, 2.05) is 0 Å². The molecule has 1 saturated heterocycles. The first-order valence-corrected chi connectivity index (χ1v) is 6.62. The molecule has 0 amide bonds. The normalized spacial score (nSPS) is 44.2. The van der Waals surface area contributed by atoms with Crippen LogP contribution in [-0.4, -0.2) is 34.7 Å². The Morgan fingerprint density at radius 1 is 1.07 bits per heavy atom. The standard InChI is InChI=1S/C13H25NO/c1-10-7-8-14(11(2)9-10)12-5-3-4-6-13(12)15/h10-13,15H,3-9H2,1-2H3/t10?,11?,12-,13-/m0/s1. The van der Waals surface area contributed by atoms with Crippen molar-refractivity contribution in [3.05, 3.63) is 0 Å². The van der Waals surface area contributed by atoms with E-state index >= 15 is 0 Å². The molecule has 1 heterocycles. The maximum absolute atomic E-state index is 10.1. The number of aliphatic hydroxyl groups excluding tert-OH is 1. The maximum Gasteiger partial charge on any atom is 0.0695 e. The molecule has 15 heavy (non-hydrogen) atoms. The summed E-state index contributed by atoms with van der Waals surface area (Å²) in [7, 11) is 0. The second-order valence-corrected chi connectivity index (χ2v) is 5.64. The lowest BCUT2D eigenvalue weighted by atomic mass is 9.86. The van der Waals surface area contributed by atoms with Crippen molar-refractivity contribution in [1.82, 2.24) is 4.90 Å². The third-order valence-corrected chi connectivity index (χ3v) is 4.31. The van der Waals surface area contributed by atoms with Gasteiger partial charge >= 0.3 is 0 Å². The molecule has 2 aliphatic rings. The summed E-state index contributed by atoms with van der Waals surface area (Å²) in [6.45, 7) is 5.88. The van der Waals surface area contributed by atoms with Crippen LogP contribution in [-0.2, 0) is 0 Å². The van der Waals surface area contributed by atoms with Crippen LogP contribution < -0.4 is 0 Å². The van der Waals surface area contributed by atoms with Crippen molar-refractivity contribution in [3.8, 4) is 0 Å². The van der Waals surface area contributed by atoms with Gasteiger partial charge in [0.2, 0.25) is 0 Å². The van der Waals surface area contributed by atoms with Crippen molar-refractivity contribution in [2.24, 2.45) is 5.92 Å². The highest BCUT2D eigenvalue weighted by atomic mass is 16.3. The first-order valence-electron chi connectivity index (χ1n) is 6.62. The zero-order chi connectivity index (χ0) is 10.8. The van der Waals surface area contributed by atoms with Crippen molar-refractivity contribution < 1.29 is 5.11 Å². The summed E-state index contributed by atoms with van der Waals surface area (Å²) < 4.78 is 0. The Kier molecular flexibility index (Phi) is 3.68. The molecule has 2 rings (SSSR count). The Balaban J connectivity index is 1.96. The molecule has 88 valence electrons. The molecule has 0 spiro atoms. The molecule has 1 N–H and O–H groups in total.